The standard InChI is InChI=1S/C16H27N5O2/c1-5-8-20(9-6-2)11-12-17-14-13(21(12)10-7-3)15(22)18-16(23)19(14)4/h5-11H2,1-4H3,(H,18,22,23). The van der Waals surface area contributed by atoms with E-state index in [0.29, 0.717) is 17.7 Å². The van der Waals surface area contributed by atoms with Crippen LogP contribution in [0.15, 0.2) is 9.59 Å². The highest BCUT2D eigenvalue weighted by Gasteiger charge is 2.18. The first kappa shape index (κ1) is 17.5. The van der Waals surface area contributed by atoms with Crippen LogP contribution in [0.2, 0.25) is 0 Å². The molecule has 2 aromatic heterocycles. The normalized spacial score (nSPS) is 11.7. The Kier molecular flexibility index (Phi) is 5.76. The van der Waals surface area contributed by atoms with Gasteiger partial charge in [0.05, 0.1) is 6.54 Å². The maximum absolute atomic E-state index is 12.3. The van der Waals surface area contributed by atoms with Gasteiger partial charge in [-0.2, -0.15) is 0 Å². The third-order valence-corrected chi connectivity index (χ3v) is 3.98. The summed E-state index contributed by atoms with van der Waals surface area (Å²) in [5.41, 5.74) is 0.189. The first-order valence-electron chi connectivity index (χ1n) is 8.44. The van der Waals surface area contributed by atoms with E-state index in [0.717, 1.165) is 44.7 Å². The van der Waals surface area contributed by atoms with Crippen LogP contribution < -0.4 is 11.2 Å². The van der Waals surface area contributed by atoms with Crippen molar-refractivity contribution < 1.29 is 0 Å². The van der Waals surface area contributed by atoms with Crippen molar-refractivity contribution in [3.05, 3.63) is 26.7 Å². The summed E-state index contributed by atoms with van der Waals surface area (Å²) in [6.45, 7) is 9.81. The second kappa shape index (κ2) is 7.59. The van der Waals surface area contributed by atoms with Crippen molar-refractivity contribution in [2.24, 2.45) is 7.05 Å². The van der Waals surface area contributed by atoms with Crippen molar-refractivity contribution in [2.75, 3.05) is 13.1 Å². The van der Waals surface area contributed by atoms with E-state index in [2.05, 4.69) is 35.6 Å². The highest BCUT2D eigenvalue weighted by atomic mass is 16.2. The Bertz CT molecular complexity index is 765. The molecule has 0 amide bonds. The Labute approximate surface area is 135 Å². The van der Waals surface area contributed by atoms with Crippen LogP contribution in [0, 0.1) is 0 Å². The average Bonchev–Trinajstić information content (AvgIpc) is 2.85. The SMILES string of the molecule is CCCN(CCC)Cc1nc2c(c(=O)[nH]c(=O)n2C)n1CCC. The van der Waals surface area contributed by atoms with E-state index in [1.54, 1.807) is 7.05 Å². The molecule has 1 N–H and O–H groups in total. The van der Waals surface area contributed by atoms with Crippen LogP contribution in [0.4, 0.5) is 0 Å². The topological polar surface area (TPSA) is 75.9 Å². The highest BCUT2D eigenvalue weighted by Crippen LogP contribution is 2.14. The van der Waals surface area contributed by atoms with Crippen molar-refractivity contribution in [1.82, 2.24) is 24.0 Å². The first-order chi connectivity index (χ1) is 11.0. The highest BCUT2D eigenvalue weighted by molar-refractivity contribution is 5.70. The van der Waals surface area contributed by atoms with Gasteiger partial charge in [0, 0.05) is 13.6 Å². The fourth-order valence-corrected chi connectivity index (χ4v) is 2.97. The van der Waals surface area contributed by atoms with Crippen LogP contribution in [0.1, 0.15) is 45.9 Å². The summed E-state index contributed by atoms with van der Waals surface area (Å²) in [6.07, 6.45) is 3.06. The maximum atomic E-state index is 12.3. The van der Waals surface area contributed by atoms with Gasteiger partial charge >= 0.3 is 5.69 Å². The molecule has 0 saturated heterocycles. The second-order valence-corrected chi connectivity index (χ2v) is 5.95. The van der Waals surface area contributed by atoms with Crippen LogP contribution in [-0.4, -0.2) is 37.1 Å². The third kappa shape index (κ3) is 3.55. The quantitative estimate of drug-likeness (QED) is 0.798. The van der Waals surface area contributed by atoms with E-state index in [-0.39, 0.29) is 5.56 Å². The molecule has 2 heterocycles. The molecule has 0 aliphatic rings. The van der Waals surface area contributed by atoms with Gasteiger partial charge in [-0.1, -0.05) is 20.8 Å². The summed E-state index contributed by atoms with van der Waals surface area (Å²) < 4.78 is 3.38. The largest absolute Gasteiger partial charge is 0.329 e. The van der Waals surface area contributed by atoms with Gasteiger partial charge in [-0.3, -0.25) is 19.2 Å². The maximum Gasteiger partial charge on any atom is 0.329 e. The molecule has 0 aromatic carbocycles. The fraction of sp³-hybridized carbons (Fsp3) is 0.688. The van der Waals surface area contributed by atoms with Crippen molar-refractivity contribution in [3.8, 4) is 0 Å². The Hall–Kier alpha value is -1.89. The molecule has 0 radical (unpaired) electrons. The Balaban J connectivity index is 2.56. The minimum absolute atomic E-state index is 0.354. The predicted molar refractivity (Wildman–Crippen MR) is 91.7 cm³/mol. The van der Waals surface area contributed by atoms with Gasteiger partial charge in [0.25, 0.3) is 5.56 Å². The number of aromatic amines is 1. The molecule has 7 heteroatoms. The summed E-state index contributed by atoms with van der Waals surface area (Å²) in [6, 6.07) is 0. The fourth-order valence-electron chi connectivity index (χ4n) is 2.97. The molecular weight excluding hydrogens is 294 g/mol. The van der Waals surface area contributed by atoms with Crippen LogP contribution in [-0.2, 0) is 20.1 Å². The van der Waals surface area contributed by atoms with Crippen molar-refractivity contribution >= 4 is 11.2 Å². The minimum atomic E-state index is -0.422. The van der Waals surface area contributed by atoms with Crippen molar-refractivity contribution in [2.45, 2.75) is 53.1 Å². The molecule has 2 aromatic rings. The van der Waals surface area contributed by atoms with E-state index in [4.69, 9.17) is 0 Å². The predicted octanol–water partition coefficient (Wildman–Crippen LogP) is 1.46. The average molecular weight is 321 g/mol. The number of rotatable bonds is 8. The second-order valence-electron chi connectivity index (χ2n) is 5.95. The molecule has 7 nitrogen and oxygen atoms in total. The monoisotopic (exact) mass is 321 g/mol. The molecule has 0 atom stereocenters. The molecule has 128 valence electrons. The Morgan fingerprint density at radius 1 is 1.09 bits per heavy atom. The Morgan fingerprint density at radius 3 is 2.30 bits per heavy atom. The number of fused-ring (bicyclic) bond motifs is 1. The third-order valence-electron chi connectivity index (χ3n) is 3.98. The van der Waals surface area contributed by atoms with Crippen LogP contribution in [0.5, 0.6) is 0 Å². The molecule has 23 heavy (non-hydrogen) atoms. The molecular formula is C16H27N5O2. The van der Waals surface area contributed by atoms with E-state index in [1.807, 2.05) is 4.57 Å². The first-order valence-corrected chi connectivity index (χ1v) is 8.44. The summed E-state index contributed by atoms with van der Waals surface area (Å²) in [5.74, 6) is 0.857. The number of aryl methyl sites for hydroxylation is 2. The van der Waals surface area contributed by atoms with Gasteiger partial charge in [-0.25, -0.2) is 9.78 Å². The zero-order chi connectivity index (χ0) is 17.0. The number of H-pyrrole nitrogens is 1. The lowest BCUT2D eigenvalue weighted by atomic mass is 10.3. The zero-order valence-corrected chi connectivity index (χ0v) is 14.6. The molecule has 0 bridgehead atoms. The lowest BCUT2D eigenvalue weighted by Crippen LogP contribution is -2.29. The Morgan fingerprint density at radius 2 is 1.74 bits per heavy atom. The molecule has 2 rings (SSSR count). The van der Waals surface area contributed by atoms with Crippen molar-refractivity contribution in [3.63, 3.8) is 0 Å². The number of nitrogens with zero attached hydrogens (tertiary/aromatic N) is 4. The van der Waals surface area contributed by atoms with Gasteiger partial charge in [0.2, 0.25) is 0 Å². The molecule has 0 spiro atoms. The number of nitrogens with one attached hydrogen (secondary N) is 1. The summed E-state index contributed by atoms with van der Waals surface area (Å²) >= 11 is 0. The zero-order valence-electron chi connectivity index (χ0n) is 14.6. The molecule has 0 aliphatic carbocycles. The lowest BCUT2D eigenvalue weighted by Gasteiger charge is -2.21. The van der Waals surface area contributed by atoms with Crippen LogP contribution in [0.25, 0.3) is 11.2 Å². The summed E-state index contributed by atoms with van der Waals surface area (Å²) in [5, 5.41) is 0. The van der Waals surface area contributed by atoms with Gasteiger partial charge in [-0.15, -0.1) is 0 Å². The molecule has 0 saturated carbocycles. The lowest BCUT2D eigenvalue weighted by molar-refractivity contribution is 0.256. The van der Waals surface area contributed by atoms with Crippen LogP contribution in [0.3, 0.4) is 0 Å². The van der Waals surface area contributed by atoms with E-state index < -0.39 is 5.69 Å². The number of imidazole rings is 1. The minimum Gasteiger partial charge on any atom is -0.321 e. The van der Waals surface area contributed by atoms with Gasteiger partial charge in [0.1, 0.15) is 5.82 Å². The van der Waals surface area contributed by atoms with Gasteiger partial charge < -0.3 is 4.57 Å². The smallest absolute Gasteiger partial charge is 0.321 e. The number of aromatic nitrogens is 4. The van der Waals surface area contributed by atoms with Gasteiger partial charge in [-0.05, 0) is 32.4 Å². The van der Waals surface area contributed by atoms with Crippen LogP contribution >= 0.6 is 0 Å². The molecule has 0 fully saturated rings. The number of hydrogen-bond acceptors (Lipinski definition) is 4. The van der Waals surface area contributed by atoms with Crippen molar-refractivity contribution in [1.29, 1.82) is 0 Å². The van der Waals surface area contributed by atoms with Gasteiger partial charge in [0.15, 0.2) is 11.2 Å². The number of hydrogen-bond donors (Lipinski definition) is 1. The molecule has 0 aliphatic heterocycles. The molecule has 0 unspecified atom stereocenters. The summed E-state index contributed by atoms with van der Waals surface area (Å²) in [7, 11) is 1.64. The van der Waals surface area contributed by atoms with E-state index in [1.165, 1.54) is 4.57 Å². The van der Waals surface area contributed by atoms with E-state index >= 15 is 0 Å². The van der Waals surface area contributed by atoms with E-state index in [9.17, 15) is 9.59 Å². The summed E-state index contributed by atoms with van der Waals surface area (Å²) in [4.78, 5) is 33.4.